The van der Waals surface area contributed by atoms with E-state index in [1.807, 2.05) is 0 Å². The minimum atomic E-state index is -0.225. The van der Waals surface area contributed by atoms with E-state index >= 15 is 0 Å². The second-order valence-electron chi connectivity index (χ2n) is 4.73. The Kier molecular flexibility index (Phi) is 3.44. The summed E-state index contributed by atoms with van der Waals surface area (Å²) >= 11 is 0. The van der Waals surface area contributed by atoms with Gasteiger partial charge in [-0.25, -0.2) is 0 Å². The summed E-state index contributed by atoms with van der Waals surface area (Å²) in [6, 6.07) is 7.01. The summed E-state index contributed by atoms with van der Waals surface area (Å²) in [6.45, 7) is 2.12. The lowest BCUT2D eigenvalue weighted by Crippen LogP contribution is -2.41. The molecule has 4 N–H and O–H groups in total. The van der Waals surface area contributed by atoms with E-state index in [-0.39, 0.29) is 17.4 Å². The maximum atomic E-state index is 12.4. The zero-order chi connectivity index (χ0) is 14.8. The number of benzene rings is 1. The highest BCUT2D eigenvalue weighted by molar-refractivity contribution is 5.96. The molecule has 1 aromatic carbocycles. The first-order valence-corrected chi connectivity index (χ1v) is 6.61. The van der Waals surface area contributed by atoms with E-state index < -0.39 is 0 Å². The van der Waals surface area contributed by atoms with Crippen LogP contribution in [0.5, 0.6) is 0 Å². The summed E-state index contributed by atoms with van der Waals surface area (Å²) in [6.07, 6.45) is 0. The van der Waals surface area contributed by atoms with Gasteiger partial charge in [-0.15, -0.1) is 5.10 Å². The highest BCUT2D eigenvalue weighted by atomic mass is 16.5. The van der Waals surface area contributed by atoms with Crippen LogP contribution in [0.15, 0.2) is 24.3 Å². The van der Waals surface area contributed by atoms with Crippen molar-refractivity contribution in [2.45, 2.75) is 0 Å². The summed E-state index contributed by atoms with van der Waals surface area (Å²) in [5, 5.41) is 7.87. The molecule has 0 bridgehead atoms. The molecule has 1 aliphatic rings. The lowest BCUT2D eigenvalue weighted by molar-refractivity contribution is 0.0299. The molecule has 8 nitrogen and oxygen atoms in total. The maximum absolute atomic E-state index is 12.4. The molecule has 2 heterocycles. The highest BCUT2D eigenvalue weighted by Crippen LogP contribution is 2.18. The number of ether oxygens (including phenoxy) is 1. The molecule has 1 aliphatic heterocycles. The fraction of sp³-hybridized carbons (Fsp3) is 0.308. The molecule has 2 aromatic rings. The quantitative estimate of drug-likeness (QED) is 0.746. The standard InChI is InChI=1S/C13H16N6O2/c14-9-1-3-10(4-2-9)19-12(15)11(16-17-19)13(20)18-5-7-21-8-6-18/h1-4H,5-8,14-15H2. The van der Waals surface area contributed by atoms with Gasteiger partial charge < -0.3 is 21.1 Å². The molecule has 0 atom stereocenters. The number of anilines is 2. The Bertz CT molecular complexity index is 645. The second kappa shape index (κ2) is 5.41. The zero-order valence-electron chi connectivity index (χ0n) is 11.4. The molecule has 1 fully saturated rings. The van der Waals surface area contributed by atoms with E-state index in [1.165, 1.54) is 4.68 Å². The van der Waals surface area contributed by atoms with Crippen LogP contribution in [0.2, 0.25) is 0 Å². The minimum absolute atomic E-state index is 0.161. The van der Waals surface area contributed by atoms with Crippen molar-refractivity contribution in [2.24, 2.45) is 0 Å². The molecule has 110 valence electrons. The van der Waals surface area contributed by atoms with Crippen LogP contribution in [0.25, 0.3) is 5.69 Å². The van der Waals surface area contributed by atoms with Crippen molar-refractivity contribution < 1.29 is 9.53 Å². The minimum Gasteiger partial charge on any atom is -0.399 e. The molecule has 0 spiro atoms. The fourth-order valence-electron chi connectivity index (χ4n) is 2.16. The van der Waals surface area contributed by atoms with Gasteiger partial charge in [-0.1, -0.05) is 5.21 Å². The Labute approximate surface area is 121 Å². The maximum Gasteiger partial charge on any atom is 0.278 e. The number of carbonyl (C=O) groups is 1. The molecule has 1 aromatic heterocycles. The summed E-state index contributed by atoms with van der Waals surface area (Å²) in [4.78, 5) is 14.0. The fourth-order valence-corrected chi connectivity index (χ4v) is 2.16. The lowest BCUT2D eigenvalue weighted by atomic mass is 10.3. The molecular weight excluding hydrogens is 272 g/mol. The third kappa shape index (κ3) is 2.52. The molecule has 21 heavy (non-hydrogen) atoms. The number of rotatable bonds is 2. The van der Waals surface area contributed by atoms with Crippen molar-refractivity contribution in [3.8, 4) is 5.69 Å². The molecule has 0 aliphatic carbocycles. The first-order valence-electron chi connectivity index (χ1n) is 6.61. The van der Waals surface area contributed by atoms with Crippen LogP contribution in [0.3, 0.4) is 0 Å². The first kappa shape index (κ1) is 13.4. The topological polar surface area (TPSA) is 112 Å². The van der Waals surface area contributed by atoms with Gasteiger partial charge in [0, 0.05) is 18.8 Å². The number of amides is 1. The van der Waals surface area contributed by atoms with Crippen LogP contribution in [0, 0.1) is 0 Å². The summed E-state index contributed by atoms with van der Waals surface area (Å²) in [7, 11) is 0. The SMILES string of the molecule is Nc1ccc(-n2nnc(C(=O)N3CCOCC3)c2N)cc1. The van der Waals surface area contributed by atoms with Crippen molar-refractivity contribution >= 4 is 17.4 Å². The average molecular weight is 288 g/mol. The number of hydrogen-bond donors (Lipinski definition) is 2. The van der Waals surface area contributed by atoms with E-state index in [4.69, 9.17) is 16.2 Å². The molecule has 0 saturated carbocycles. The van der Waals surface area contributed by atoms with E-state index in [2.05, 4.69) is 10.3 Å². The Morgan fingerprint density at radius 3 is 2.48 bits per heavy atom. The predicted octanol–water partition coefficient (Wildman–Crippen LogP) is -0.0959. The number of morpholine rings is 1. The Morgan fingerprint density at radius 1 is 1.14 bits per heavy atom. The molecule has 0 unspecified atom stereocenters. The van der Waals surface area contributed by atoms with Gasteiger partial charge in [0.15, 0.2) is 11.5 Å². The third-order valence-electron chi connectivity index (χ3n) is 3.34. The van der Waals surface area contributed by atoms with Gasteiger partial charge in [0.25, 0.3) is 5.91 Å². The van der Waals surface area contributed by atoms with Crippen molar-refractivity contribution in [2.75, 3.05) is 37.8 Å². The normalized spacial score (nSPS) is 15.1. The summed E-state index contributed by atoms with van der Waals surface area (Å²) in [5.74, 6) is -0.00578. The summed E-state index contributed by atoms with van der Waals surface area (Å²) in [5.41, 5.74) is 13.2. The molecule has 8 heteroatoms. The number of nitrogens with zero attached hydrogens (tertiary/aromatic N) is 4. The predicted molar refractivity (Wildman–Crippen MR) is 76.9 cm³/mol. The van der Waals surface area contributed by atoms with Crippen LogP contribution in [-0.2, 0) is 4.74 Å². The number of nitrogen functional groups attached to an aromatic ring is 2. The molecule has 0 radical (unpaired) electrons. The van der Waals surface area contributed by atoms with Gasteiger partial charge in [-0.3, -0.25) is 4.79 Å². The Hall–Kier alpha value is -2.61. The van der Waals surface area contributed by atoms with E-state index in [0.29, 0.717) is 37.7 Å². The van der Waals surface area contributed by atoms with Gasteiger partial charge in [-0.2, -0.15) is 4.68 Å². The van der Waals surface area contributed by atoms with Gasteiger partial charge in [-0.05, 0) is 24.3 Å². The zero-order valence-corrected chi connectivity index (χ0v) is 11.4. The number of aromatic nitrogens is 3. The molecular formula is C13H16N6O2. The third-order valence-corrected chi connectivity index (χ3v) is 3.34. The van der Waals surface area contributed by atoms with Gasteiger partial charge in [0.05, 0.1) is 18.9 Å². The van der Waals surface area contributed by atoms with Crippen LogP contribution < -0.4 is 11.5 Å². The van der Waals surface area contributed by atoms with Crippen LogP contribution in [-0.4, -0.2) is 52.1 Å². The van der Waals surface area contributed by atoms with Gasteiger partial charge in [0.2, 0.25) is 0 Å². The summed E-state index contributed by atoms with van der Waals surface area (Å²) < 4.78 is 6.65. The van der Waals surface area contributed by atoms with Crippen LogP contribution in [0.4, 0.5) is 11.5 Å². The van der Waals surface area contributed by atoms with Crippen molar-refractivity contribution in [3.05, 3.63) is 30.0 Å². The molecule has 3 rings (SSSR count). The Balaban J connectivity index is 1.88. The number of hydrogen-bond acceptors (Lipinski definition) is 6. The van der Waals surface area contributed by atoms with Gasteiger partial charge in [0.1, 0.15) is 0 Å². The monoisotopic (exact) mass is 288 g/mol. The molecule has 1 saturated heterocycles. The number of carbonyl (C=O) groups excluding carboxylic acids is 1. The smallest absolute Gasteiger partial charge is 0.278 e. The van der Waals surface area contributed by atoms with Crippen molar-refractivity contribution in [1.82, 2.24) is 19.9 Å². The van der Waals surface area contributed by atoms with Crippen molar-refractivity contribution in [1.29, 1.82) is 0 Å². The van der Waals surface area contributed by atoms with Crippen molar-refractivity contribution in [3.63, 3.8) is 0 Å². The number of nitrogens with two attached hydrogens (primary N) is 2. The first-order chi connectivity index (χ1) is 10.2. The van der Waals surface area contributed by atoms with Gasteiger partial charge >= 0.3 is 0 Å². The van der Waals surface area contributed by atoms with Crippen LogP contribution >= 0.6 is 0 Å². The Morgan fingerprint density at radius 2 is 1.81 bits per heavy atom. The van der Waals surface area contributed by atoms with E-state index in [0.717, 1.165) is 0 Å². The largest absolute Gasteiger partial charge is 0.399 e. The second-order valence-corrected chi connectivity index (χ2v) is 4.73. The van der Waals surface area contributed by atoms with E-state index in [1.54, 1.807) is 29.2 Å². The van der Waals surface area contributed by atoms with Crippen LogP contribution in [0.1, 0.15) is 10.5 Å². The molecule has 1 amide bonds. The average Bonchev–Trinajstić information content (AvgIpc) is 2.90. The van der Waals surface area contributed by atoms with E-state index in [9.17, 15) is 4.79 Å². The lowest BCUT2D eigenvalue weighted by Gasteiger charge is -2.26. The highest BCUT2D eigenvalue weighted by Gasteiger charge is 2.25.